The molecule has 2 fully saturated rings. The van der Waals surface area contributed by atoms with Crippen LogP contribution in [0.1, 0.15) is 22.3 Å². The van der Waals surface area contributed by atoms with Gasteiger partial charge < -0.3 is 9.88 Å². The van der Waals surface area contributed by atoms with Gasteiger partial charge in [0.2, 0.25) is 0 Å². The van der Waals surface area contributed by atoms with Gasteiger partial charge in [-0.15, -0.1) is 0 Å². The first-order valence-electron chi connectivity index (χ1n) is 12.9. The second kappa shape index (κ2) is 12.6. The van der Waals surface area contributed by atoms with Crippen molar-refractivity contribution in [3.63, 3.8) is 0 Å². The molecule has 8 heteroatoms. The highest BCUT2D eigenvalue weighted by Crippen LogP contribution is 2.25. The molecule has 0 bridgehead atoms. The van der Waals surface area contributed by atoms with Gasteiger partial charge >= 0.3 is 0 Å². The molecule has 2 aromatic carbocycles. The Bertz CT molecular complexity index is 1270. The van der Waals surface area contributed by atoms with E-state index in [-0.39, 0.29) is 11.9 Å². The number of nitrogens with one attached hydrogen (secondary N) is 1. The zero-order valence-electron chi connectivity index (χ0n) is 20.9. The quantitative estimate of drug-likeness (QED) is 0.420. The van der Waals surface area contributed by atoms with Gasteiger partial charge in [-0.2, -0.15) is 11.8 Å². The number of thioether (sulfide) groups is 1. The molecule has 194 valence electrons. The number of nitrogens with zero attached hydrogens (tertiary/aromatic N) is 3. The maximum absolute atomic E-state index is 13.6. The predicted molar refractivity (Wildman–Crippen MR) is 156 cm³/mol. The van der Waals surface area contributed by atoms with Crippen LogP contribution in [0.2, 0.25) is 10.0 Å². The van der Waals surface area contributed by atoms with E-state index in [2.05, 4.69) is 51.0 Å². The number of benzene rings is 2. The number of hydrogen-bond acceptors (Lipinski definition) is 4. The van der Waals surface area contributed by atoms with Crippen LogP contribution in [0.15, 0.2) is 48.7 Å². The van der Waals surface area contributed by atoms with Crippen LogP contribution in [0.5, 0.6) is 0 Å². The summed E-state index contributed by atoms with van der Waals surface area (Å²) in [4.78, 5) is 23.8. The van der Waals surface area contributed by atoms with E-state index in [1.54, 1.807) is 18.2 Å². The fourth-order valence-electron chi connectivity index (χ4n) is 5.18. The molecule has 0 spiro atoms. The van der Waals surface area contributed by atoms with Crippen molar-refractivity contribution in [2.75, 3.05) is 57.3 Å². The van der Waals surface area contributed by atoms with Crippen LogP contribution in [-0.2, 0) is 6.42 Å². The molecule has 1 N–H and O–H groups in total. The van der Waals surface area contributed by atoms with E-state index in [1.807, 2.05) is 22.7 Å². The number of hydrogen-bond donors (Lipinski definition) is 1. The van der Waals surface area contributed by atoms with Crippen LogP contribution in [0.3, 0.4) is 0 Å². The number of carbonyl (C=O) groups is 1. The van der Waals surface area contributed by atoms with E-state index in [0.29, 0.717) is 22.2 Å². The van der Waals surface area contributed by atoms with Crippen LogP contribution >= 0.6 is 35.0 Å². The molecule has 0 radical (unpaired) electrons. The number of aromatic amines is 1. The third-order valence-electron chi connectivity index (χ3n) is 7.19. The Morgan fingerprint density at radius 3 is 2.49 bits per heavy atom. The molecular weight excluding hydrogens is 523 g/mol. The molecule has 0 saturated carbocycles. The van der Waals surface area contributed by atoms with Crippen molar-refractivity contribution in [3.05, 3.63) is 69.8 Å². The summed E-state index contributed by atoms with van der Waals surface area (Å²) in [5, 5.41) is 2.21. The number of H-pyrrole nitrogens is 1. The first-order valence-corrected chi connectivity index (χ1v) is 14.8. The summed E-state index contributed by atoms with van der Waals surface area (Å²) >= 11 is 14.5. The van der Waals surface area contributed by atoms with Gasteiger partial charge in [-0.3, -0.25) is 14.6 Å². The summed E-state index contributed by atoms with van der Waals surface area (Å²) in [5.74, 6) is 9.16. The first kappa shape index (κ1) is 26.5. The van der Waals surface area contributed by atoms with E-state index in [9.17, 15) is 4.79 Å². The maximum atomic E-state index is 13.6. The van der Waals surface area contributed by atoms with Crippen LogP contribution in [0, 0.1) is 11.8 Å². The van der Waals surface area contributed by atoms with Crippen LogP contribution in [0.25, 0.3) is 10.9 Å². The number of carbonyl (C=O) groups excluding carboxylic acids is 1. The summed E-state index contributed by atoms with van der Waals surface area (Å²) in [5.41, 5.74) is 2.97. The molecule has 37 heavy (non-hydrogen) atoms. The van der Waals surface area contributed by atoms with Crippen molar-refractivity contribution in [1.29, 1.82) is 0 Å². The molecule has 0 aliphatic carbocycles. The fraction of sp³-hybridized carbons (Fsp3) is 0.414. The summed E-state index contributed by atoms with van der Waals surface area (Å²) in [6.45, 7) is 6.10. The number of fused-ring (bicyclic) bond motifs is 1. The standard InChI is InChI=1S/C29H32Cl2N4OS/c30-24-17-23(18-25(31)19-24)29(36)35-12-11-34(10-4-3-9-33-13-15-37-16-14-33)21-26(35)8-7-22-20-32-28-6-2-1-5-27(22)28/h1-2,5-6,17-20,26,32H,7-16,21H2/t26-/m1/s1. The Hall–Kier alpha value is -2.14. The number of amides is 1. The summed E-state index contributed by atoms with van der Waals surface area (Å²) in [7, 11) is 0. The van der Waals surface area contributed by atoms with Crippen molar-refractivity contribution in [3.8, 4) is 11.8 Å². The van der Waals surface area contributed by atoms with Crippen molar-refractivity contribution >= 4 is 51.8 Å². The van der Waals surface area contributed by atoms with Crippen molar-refractivity contribution in [2.45, 2.75) is 18.9 Å². The van der Waals surface area contributed by atoms with Gasteiger partial charge in [0.1, 0.15) is 0 Å². The lowest BCUT2D eigenvalue weighted by atomic mass is 10.00. The number of aromatic nitrogens is 1. The highest BCUT2D eigenvalue weighted by molar-refractivity contribution is 7.99. The first-order chi connectivity index (χ1) is 18.1. The number of aryl methyl sites for hydroxylation is 1. The molecule has 1 aromatic heterocycles. The number of halogens is 2. The maximum Gasteiger partial charge on any atom is 0.254 e. The lowest BCUT2D eigenvalue weighted by molar-refractivity contribution is 0.0463. The smallest absolute Gasteiger partial charge is 0.254 e. The van der Waals surface area contributed by atoms with Crippen LogP contribution < -0.4 is 0 Å². The molecule has 5 nitrogen and oxygen atoms in total. The summed E-state index contributed by atoms with van der Waals surface area (Å²) in [6.07, 6.45) is 3.86. The van der Waals surface area contributed by atoms with Gasteiger partial charge in [-0.05, 0) is 42.7 Å². The minimum atomic E-state index is -0.0120. The molecule has 3 aromatic rings. The Balaban J connectivity index is 1.28. The normalized spacial score (nSPS) is 19.1. The molecule has 2 saturated heterocycles. The van der Waals surface area contributed by atoms with Gasteiger partial charge in [0.05, 0.1) is 13.1 Å². The Kier molecular flexibility index (Phi) is 9.02. The van der Waals surface area contributed by atoms with Crippen LogP contribution in [0.4, 0.5) is 0 Å². The van der Waals surface area contributed by atoms with E-state index >= 15 is 0 Å². The van der Waals surface area contributed by atoms with Gasteiger partial charge in [-0.1, -0.05) is 53.2 Å². The lowest BCUT2D eigenvalue weighted by Crippen LogP contribution is -2.55. The second-order valence-corrected chi connectivity index (χ2v) is 11.8. The average Bonchev–Trinajstić information content (AvgIpc) is 3.33. The van der Waals surface area contributed by atoms with Crippen molar-refractivity contribution in [1.82, 2.24) is 19.7 Å². The van der Waals surface area contributed by atoms with Gasteiger partial charge in [0.25, 0.3) is 5.91 Å². The van der Waals surface area contributed by atoms with E-state index < -0.39 is 0 Å². The average molecular weight is 556 g/mol. The molecule has 2 aliphatic rings. The number of rotatable bonds is 6. The Labute approximate surface area is 233 Å². The predicted octanol–water partition coefficient (Wildman–Crippen LogP) is 5.29. The molecule has 1 atom stereocenters. The molecule has 5 rings (SSSR count). The monoisotopic (exact) mass is 554 g/mol. The second-order valence-electron chi connectivity index (χ2n) is 9.69. The SMILES string of the molecule is O=C(c1cc(Cl)cc(Cl)c1)N1CCN(CC#CCN2CCSCC2)C[C@H]1CCc1c[nH]c2ccccc12. The largest absolute Gasteiger partial charge is 0.361 e. The minimum Gasteiger partial charge on any atom is -0.361 e. The van der Waals surface area contributed by atoms with Crippen molar-refractivity contribution in [2.24, 2.45) is 0 Å². The van der Waals surface area contributed by atoms with E-state index in [4.69, 9.17) is 23.2 Å². The molecule has 2 aliphatic heterocycles. The van der Waals surface area contributed by atoms with E-state index in [0.717, 1.165) is 57.6 Å². The highest BCUT2D eigenvalue weighted by Gasteiger charge is 2.31. The fourth-order valence-corrected chi connectivity index (χ4v) is 6.68. The zero-order valence-corrected chi connectivity index (χ0v) is 23.2. The highest BCUT2D eigenvalue weighted by atomic mass is 35.5. The molecule has 0 unspecified atom stereocenters. The van der Waals surface area contributed by atoms with Gasteiger partial charge in [0.15, 0.2) is 0 Å². The summed E-state index contributed by atoms with van der Waals surface area (Å²) in [6, 6.07) is 13.5. The zero-order chi connectivity index (χ0) is 25.6. The Morgan fingerprint density at radius 1 is 0.973 bits per heavy atom. The van der Waals surface area contributed by atoms with E-state index in [1.165, 1.54) is 22.5 Å². The number of piperazine rings is 1. The minimum absolute atomic E-state index is 0.0120. The Morgan fingerprint density at radius 2 is 1.70 bits per heavy atom. The van der Waals surface area contributed by atoms with Crippen molar-refractivity contribution < 1.29 is 4.79 Å². The third kappa shape index (κ3) is 6.85. The third-order valence-corrected chi connectivity index (χ3v) is 8.57. The lowest BCUT2D eigenvalue weighted by Gasteiger charge is -2.41. The van der Waals surface area contributed by atoms with Gasteiger partial charge in [0, 0.05) is 83.0 Å². The van der Waals surface area contributed by atoms with Crippen LogP contribution in [-0.4, -0.2) is 89.0 Å². The topological polar surface area (TPSA) is 42.6 Å². The molecular formula is C29H32Cl2N4OS. The molecule has 1 amide bonds. The molecule has 3 heterocycles. The van der Waals surface area contributed by atoms with Gasteiger partial charge in [-0.25, -0.2) is 0 Å². The number of para-hydroxylation sites is 1. The summed E-state index contributed by atoms with van der Waals surface area (Å²) < 4.78 is 0.